The molecule has 2 aromatic heterocycles. The summed E-state index contributed by atoms with van der Waals surface area (Å²) >= 11 is 13.1. The van der Waals surface area contributed by atoms with Crippen LogP contribution in [-0.2, 0) is 30.3 Å². The van der Waals surface area contributed by atoms with E-state index in [9.17, 15) is 18.0 Å². The highest BCUT2D eigenvalue weighted by molar-refractivity contribution is 7.80. The Labute approximate surface area is 222 Å². The Morgan fingerprint density at radius 1 is 1.25 bits per heavy atom. The molecule has 6 nitrogen and oxygen atoms in total. The summed E-state index contributed by atoms with van der Waals surface area (Å²) in [6.07, 6.45) is 3.81. The predicted molar refractivity (Wildman–Crippen MR) is 139 cm³/mol. The van der Waals surface area contributed by atoms with Crippen molar-refractivity contribution in [3.63, 3.8) is 0 Å². The van der Waals surface area contributed by atoms with Gasteiger partial charge < -0.3 is 15.4 Å². The van der Waals surface area contributed by atoms with Gasteiger partial charge in [-0.1, -0.05) is 24.4 Å². The van der Waals surface area contributed by atoms with Crippen molar-refractivity contribution in [1.82, 2.24) is 15.1 Å². The zero-order valence-corrected chi connectivity index (χ0v) is 22.5. The van der Waals surface area contributed by atoms with Crippen LogP contribution in [0.25, 0.3) is 0 Å². The number of hydrogen-bond donors (Lipinski definition) is 2. The maximum Gasteiger partial charge on any atom is 0.436 e. The van der Waals surface area contributed by atoms with Gasteiger partial charge in [0.15, 0.2) is 10.8 Å². The predicted octanol–water partition coefficient (Wildman–Crippen LogP) is 6.71. The summed E-state index contributed by atoms with van der Waals surface area (Å²) in [4.78, 5) is 14.0. The van der Waals surface area contributed by atoms with Gasteiger partial charge in [-0.05, 0) is 69.7 Å². The molecule has 0 bridgehead atoms. The van der Waals surface area contributed by atoms with Gasteiger partial charge in [-0.2, -0.15) is 18.3 Å². The first-order valence-corrected chi connectivity index (χ1v) is 14.0. The van der Waals surface area contributed by atoms with Crippen LogP contribution >= 0.6 is 35.2 Å². The number of ether oxygens (including phenoxy) is 1. The number of halogens is 4. The molecule has 0 amide bonds. The van der Waals surface area contributed by atoms with Crippen molar-refractivity contribution < 1.29 is 22.7 Å². The summed E-state index contributed by atoms with van der Waals surface area (Å²) in [5, 5.41) is 10.8. The molecule has 0 aliphatic heterocycles. The van der Waals surface area contributed by atoms with Crippen molar-refractivity contribution in [3.8, 4) is 0 Å². The van der Waals surface area contributed by atoms with Crippen LogP contribution in [0.4, 0.5) is 18.2 Å². The van der Waals surface area contributed by atoms with E-state index in [1.807, 2.05) is 0 Å². The van der Waals surface area contributed by atoms with Crippen molar-refractivity contribution in [2.45, 2.75) is 83.4 Å². The standard InChI is InChI=1S/C24H30ClF3N4O2S2/c1-2-34-22(33)17-15-8-5-3-4-6-9-16(15)36-21(17)30-23(35)29-12-7-13-32-19(14-10-11-14)18(25)20(31-32)24(26,27)28/h14H,2-13H2,1H3,(H2,29,30,35). The quantitative estimate of drug-likeness (QED) is 0.212. The van der Waals surface area contributed by atoms with Crippen LogP contribution in [0.15, 0.2) is 0 Å². The number of hydrogen-bond acceptors (Lipinski definition) is 5. The minimum Gasteiger partial charge on any atom is -0.462 e. The molecular weight excluding hydrogens is 533 g/mol. The molecule has 0 unspecified atom stereocenters. The third kappa shape index (κ3) is 6.34. The number of anilines is 1. The van der Waals surface area contributed by atoms with Crippen LogP contribution < -0.4 is 10.6 Å². The number of nitrogens with one attached hydrogen (secondary N) is 2. The number of alkyl halides is 3. The first-order valence-electron chi connectivity index (χ1n) is 12.4. The summed E-state index contributed by atoms with van der Waals surface area (Å²) in [5.41, 5.74) is 1.09. The van der Waals surface area contributed by atoms with Crippen molar-refractivity contribution in [2.75, 3.05) is 18.5 Å². The first kappa shape index (κ1) is 27.2. The molecule has 2 heterocycles. The Bertz CT molecular complexity index is 1110. The molecule has 198 valence electrons. The van der Waals surface area contributed by atoms with Gasteiger partial charge in [0.2, 0.25) is 0 Å². The third-order valence-corrected chi connectivity index (χ3v) is 8.20. The molecule has 2 N–H and O–H groups in total. The molecule has 1 fully saturated rings. The van der Waals surface area contributed by atoms with E-state index in [2.05, 4.69) is 15.7 Å². The highest BCUT2D eigenvalue weighted by Crippen LogP contribution is 2.47. The normalized spacial score (nSPS) is 16.1. The molecule has 0 radical (unpaired) electrons. The van der Waals surface area contributed by atoms with Crippen LogP contribution in [-0.4, -0.2) is 34.0 Å². The number of fused-ring (bicyclic) bond motifs is 1. The fraction of sp³-hybridized carbons (Fsp3) is 0.625. The molecule has 1 saturated carbocycles. The number of aryl methyl sites for hydroxylation is 2. The lowest BCUT2D eigenvalue weighted by molar-refractivity contribution is -0.141. The van der Waals surface area contributed by atoms with E-state index in [4.69, 9.17) is 28.6 Å². The van der Waals surface area contributed by atoms with Crippen LogP contribution in [0.2, 0.25) is 5.02 Å². The highest BCUT2D eigenvalue weighted by Gasteiger charge is 2.41. The van der Waals surface area contributed by atoms with Gasteiger partial charge in [-0.15, -0.1) is 11.3 Å². The smallest absolute Gasteiger partial charge is 0.436 e. The molecule has 2 aromatic rings. The van der Waals surface area contributed by atoms with Gasteiger partial charge in [0.1, 0.15) is 5.00 Å². The Morgan fingerprint density at radius 2 is 1.97 bits per heavy atom. The monoisotopic (exact) mass is 562 g/mol. The lowest BCUT2D eigenvalue weighted by Gasteiger charge is -2.13. The molecule has 2 aliphatic carbocycles. The summed E-state index contributed by atoms with van der Waals surface area (Å²) in [6, 6.07) is 0. The van der Waals surface area contributed by atoms with Crippen LogP contribution in [0.5, 0.6) is 0 Å². The second kappa shape index (κ2) is 11.7. The minimum atomic E-state index is -4.58. The SMILES string of the molecule is CCOC(=O)c1c(NC(=S)NCCCn2nc(C(F)(F)F)c(Cl)c2C2CC2)sc2c1CCCCCC2. The maximum atomic E-state index is 13.3. The molecule has 0 saturated heterocycles. The van der Waals surface area contributed by atoms with Gasteiger partial charge in [0.25, 0.3) is 0 Å². The van der Waals surface area contributed by atoms with Gasteiger partial charge >= 0.3 is 12.1 Å². The second-order valence-electron chi connectivity index (χ2n) is 9.12. The topological polar surface area (TPSA) is 68.2 Å². The molecule has 36 heavy (non-hydrogen) atoms. The van der Waals surface area contributed by atoms with Crippen LogP contribution in [0.1, 0.15) is 90.0 Å². The molecular formula is C24H30ClF3N4O2S2. The lowest BCUT2D eigenvalue weighted by Crippen LogP contribution is -2.30. The lowest BCUT2D eigenvalue weighted by atomic mass is 9.96. The van der Waals surface area contributed by atoms with Crippen LogP contribution in [0.3, 0.4) is 0 Å². The third-order valence-electron chi connectivity index (χ3n) is 6.37. The van der Waals surface area contributed by atoms with E-state index in [0.717, 1.165) is 50.5 Å². The zero-order chi connectivity index (χ0) is 25.9. The summed E-state index contributed by atoms with van der Waals surface area (Å²) in [6.45, 7) is 2.79. The summed E-state index contributed by atoms with van der Waals surface area (Å²) in [7, 11) is 0. The minimum absolute atomic E-state index is 0.0383. The molecule has 2 aliphatic rings. The van der Waals surface area contributed by atoms with Gasteiger partial charge in [0, 0.05) is 23.9 Å². The largest absolute Gasteiger partial charge is 0.462 e. The number of carbonyl (C=O) groups excluding carboxylic acids is 1. The van der Waals surface area contributed by atoms with Crippen molar-refractivity contribution >= 4 is 51.2 Å². The maximum absolute atomic E-state index is 13.3. The fourth-order valence-electron chi connectivity index (χ4n) is 4.56. The van der Waals surface area contributed by atoms with E-state index in [1.165, 1.54) is 16.0 Å². The Kier molecular flexibility index (Phi) is 8.83. The van der Waals surface area contributed by atoms with E-state index in [-0.39, 0.29) is 16.9 Å². The van der Waals surface area contributed by atoms with Crippen molar-refractivity contribution in [3.05, 3.63) is 32.4 Å². The van der Waals surface area contributed by atoms with Crippen molar-refractivity contribution in [1.29, 1.82) is 0 Å². The van der Waals surface area contributed by atoms with Gasteiger partial charge in [0.05, 0.1) is 22.9 Å². The number of thiocarbonyl (C=S) groups is 1. The van der Waals surface area contributed by atoms with Gasteiger partial charge in [-0.3, -0.25) is 4.68 Å². The Hall–Kier alpha value is -1.85. The number of rotatable bonds is 8. The highest BCUT2D eigenvalue weighted by atomic mass is 35.5. The summed E-state index contributed by atoms with van der Waals surface area (Å²) < 4.78 is 46.5. The number of aromatic nitrogens is 2. The summed E-state index contributed by atoms with van der Waals surface area (Å²) in [5.74, 6) is -0.305. The number of thiophene rings is 1. The molecule has 0 spiro atoms. The number of esters is 1. The first-order chi connectivity index (χ1) is 17.2. The molecule has 12 heteroatoms. The fourth-order valence-corrected chi connectivity index (χ4v) is 6.50. The molecule has 0 atom stereocenters. The number of carbonyl (C=O) groups is 1. The Balaban J connectivity index is 1.38. The average Bonchev–Trinajstić information content (AvgIpc) is 3.49. The molecule has 0 aromatic carbocycles. The average molecular weight is 563 g/mol. The van der Waals surface area contributed by atoms with E-state index in [0.29, 0.717) is 47.5 Å². The Morgan fingerprint density at radius 3 is 2.64 bits per heavy atom. The van der Waals surface area contributed by atoms with Crippen LogP contribution in [0, 0.1) is 0 Å². The van der Waals surface area contributed by atoms with E-state index < -0.39 is 11.9 Å². The van der Waals surface area contributed by atoms with E-state index in [1.54, 1.807) is 18.3 Å². The van der Waals surface area contributed by atoms with E-state index >= 15 is 0 Å². The van der Waals surface area contributed by atoms with Gasteiger partial charge in [-0.25, -0.2) is 4.79 Å². The molecule has 4 rings (SSSR count). The number of nitrogens with zero attached hydrogens (tertiary/aromatic N) is 2. The van der Waals surface area contributed by atoms with Crippen molar-refractivity contribution in [2.24, 2.45) is 0 Å². The zero-order valence-electron chi connectivity index (χ0n) is 20.1. The second-order valence-corrected chi connectivity index (χ2v) is 11.0.